The number of aliphatic hydroxyl groups excluding tert-OH is 1. The van der Waals surface area contributed by atoms with Gasteiger partial charge in [0.25, 0.3) is 0 Å². The van der Waals surface area contributed by atoms with Crippen molar-refractivity contribution in [1.29, 1.82) is 0 Å². The molecule has 0 fully saturated rings. The normalized spacial score (nSPS) is 17.2. The number of hydrogen-bond donors (Lipinski definition) is 3. The van der Waals surface area contributed by atoms with E-state index in [4.69, 9.17) is 4.52 Å². The fourth-order valence-corrected chi connectivity index (χ4v) is 5.08. The largest absolute Gasteiger partial charge is 0.396 e. The van der Waals surface area contributed by atoms with Crippen LogP contribution in [-0.2, 0) is 16.6 Å². The van der Waals surface area contributed by atoms with E-state index in [1.54, 1.807) is 12.5 Å². The second-order valence-electron chi connectivity index (χ2n) is 8.72. The van der Waals surface area contributed by atoms with Gasteiger partial charge in [-0.2, -0.15) is 13.5 Å². The topological polar surface area (TPSA) is 104 Å². The molecule has 0 spiro atoms. The molecule has 0 bridgehead atoms. The maximum atomic E-state index is 13.7. The number of aliphatic hydroxyl groups is 1. The third kappa shape index (κ3) is 4.51. The monoisotopic (exact) mass is 492 g/mol. The van der Waals surface area contributed by atoms with Gasteiger partial charge < -0.3 is 19.9 Å². The number of rotatable bonds is 7. The van der Waals surface area contributed by atoms with E-state index in [0.717, 1.165) is 45.1 Å². The number of benzene rings is 2. The van der Waals surface area contributed by atoms with Gasteiger partial charge in [0.2, 0.25) is 5.91 Å². The van der Waals surface area contributed by atoms with Gasteiger partial charge in [0.1, 0.15) is 11.2 Å². The quantitative estimate of drug-likeness (QED) is 0.340. The first-order valence-corrected chi connectivity index (χ1v) is 11.1. The van der Waals surface area contributed by atoms with Gasteiger partial charge in [0.05, 0.1) is 12.0 Å². The minimum absolute atomic E-state index is 0. The molecule has 0 saturated carbocycles. The summed E-state index contributed by atoms with van der Waals surface area (Å²) in [4.78, 5) is 20.9. The Hall–Kier alpha value is -3.36. The third-order valence-electron chi connectivity index (χ3n) is 6.62. The number of aryl methyl sites for hydroxylation is 2. The van der Waals surface area contributed by atoms with Crippen LogP contribution >= 0.6 is 13.5 Å². The van der Waals surface area contributed by atoms with Crippen LogP contribution in [0.1, 0.15) is 42.1 Å². The van der Waals surface area contributed by atoms with Crippen LogP contribution in [0.25, 0.3) is 11.1 Å². The standard InChI is InChI=1S/C26H26N4O3.CH4.H2S/c1-16-24(17(2)33-30-16)19-8-9-23-22(11-19)26(25(32)29-23,20-6-4-3-5-7-20)12-18(14-31)10-21-13-27-15-28-21;;/h3-9,11,13,15,18,31H,10,12,14H2,1-2H3,(H,27,28)(H,29,32);1H4;1H2/t18-,26?;;/m1../s1. The van der Waals surface area contributed by atoms with Crippen molar-refractivity contribution < 1.29 is 14.4 Å². The van der Waals surface area contributed by atoms with Gasteiger partial charge in [-0.05, 0) is 61.4 Å². The Morgan fingerprint density at radius 1 is 1.14 bits per heavy atom. The first-order chi connectivity index (χ1) is 16.0. The zero-order valence-electron chi connectivity index (χ0n) is 19.1. The molecule has 5 rings (SSSR count). The minimum Gasteiger partial charge on any atom is -0.396 e. The van der Waals surface area contributed by atoms with E-state index in [1.165, 1.54) is 0 Å². The molecule has 1 aliphatic rings. The second-order valence-corrected chi connectivity index (χ2v) is 8.72. The number of H-pyrrole nitrogens is 1. The summed E-state index contributed by atoms with van der Waals surface area (Å²) in [5.41, 5.74) is 5.30. The van der Waals surface area contributed by atoms with Crippen molar-refractivity contribution in [3.05, 3.63) is 89.3 Å². The summed E-state index contributed by atoms with van der Waals surface area (Å²) in [6, 6.07) is 15.8. The highest BCUT2D eigenvalue weighted by Gasteiger charge is 2.49. The van der Waals surface area contributed by atoms with E-state index in [9.17, 15) is 9.90 Å². The molecule has 2 aromatic heterocycles. The van der Waals surface area contributed by atoms with Crippen LogP contribution in [0.3, 0.4) is 0 Å². The summed E-state index contributed by atoms with van der Waals surface area (Å²) in [6.45, 7) is 3.77. The second kappa shape index (κ2) is 10.5. The van der Waals surface area contributed by atoms with Crippen LogP contribution in [0.5, 0.6) is 0 Å². The first kappa shape index (κ1) is 26.2. The van der Waals surface area contributed by atoms with Crippen molar-refractivity contribution in [2.75, 3.05) is 11.9 Å². The van der Waals surface area contributed by atoms with E-state index < -0.39 is 5.41 Å². The number of nitrogens with zero attached hydrogens (tertiary/aromatic N) is 2. The van der Waals surface area contributed by atoms with Crippen molar-refractivity contribution >= 4 is 25.1 Å². The molecule has 8 heteroatoms. The Morgan fingerprint density at radius 2 is 1.91 bits per heavy atom. The zero-order chi connectivity index (χ0) is 23.0. The average Bonchev–Trinajstić information content (AvgIpc) is 3.53. The zero-order valence-corrected chi connectivity index (χ0v) is 20.1. The van der Waals surface area contributed by atoms with E-state index in [2.05, 4.69) is 26.5 Å². The van der Waals surface area contributed by atoms with Crippen molar-refractivity contribution in [1.82, 2.24) is 15.1 Å². The number of hydrogen-bond acceptors (Lipinski definition) is 5. The lowest BCUT2D eigenvalue weighted by Gasteiger charge is -2.32. The lowest BCUT2D eigenvalue weighted by molar-refractivity contribution is -0.120. The van der Waals surface area contributed by atoms with Crippen LogP contribution in [0.4, 0.5) is 5.69 Å². The van der Waals surface area contributed by atoms with Gasteiger partial charge in [-0.15, -0.1) is 0 Å². The molecular weight excluding hydrogens is 460 g/mol. The number of carbonyl (C=O) groups excluding carboxylic acids is 1. The van der Waals surface area contributed by atoms with Gasteiger partial charge in [0.15, 0.2) is 0 Å². The third-order valence-corrected chi connectivity index (χ3v) is 6.62. The van der Waals surface area contributed by atoms with E-state index >= 15 is 0 Å². The fourth-order valence-electron chi connectivity index (χ4n) is 5.08. The molecule has 3 N–H and O–H groups in total. The molecule has 0 radical (unpaired) electrons. The number of aromatic amines is 1. The number of amides is 1. The maximum Gasteiger partial charge on any atom is 0.239 e. The van der Waals surface area contributed by atoms with Crippen LogP contribution in [0, 0.1) is 19.8 Å². The van der Waals surface area contributed by atoms with E-state index in [1.807, 2.05) is 56.3 Å². The Labute approximate surface area is 212 Å². The summed E-state index contributed by atoms with van der Waals surface area (Å²) in [5.74, 6) is 0.510. The molecule has 7 nitrogen and oxygen atoms in total. The fraction of sp³-hybridized carbons (Fsp3) is 0.296. The molecule has 35 heavy (non-hydrogen) atoms. The lowest BCUT2D eigenvalue weighted by Crippen LogP contribution is -2.39. The molecule has 3 heterocycles. The first-order valence-electron chi connectivity index (χ1n) is 11.1. The number of aromatic nitrogens is 3. The molecule has 1 amide bonds. The van der Waals surface area contributed by atoms with E-state index in [0.29, 0.717) is 12.8 Å². The Bertz CT molecular complexity index is 1270. The van der Waals surface area contributed by atoms with Crippen molar-refractivity contribution in [3.63, 3.8) is 0 Å². The van der Waals surface area contributed by atoms with Gasteiger partial charge in [0, 0.05) is 29.7 Å². The number of nitrogens with one attached hydrogen (secondary N) is 2. The average molecular weight is 493 g/mol. The smallest absolute Gasteiger partial charge is 0.239 e. The number of fused-ring (bicyclic) bond motifs is 1. The Balaban J connectivity index is 0.00000171. The summed E-state index contributed by atoms with van der Waals surface area (Å²) in [6.07, 6.45) is 4.44. The molecule has 4 aromatic rings. The Kier molecular flexibility index (Phi) is 7.87. The Morgan fingerprint density at radius 3 is 2.54 bits per heavy atom. The number of carbonyl (C=O) groups is 1. The summed E-state index contributed by atoms with van der Waals surface area (Å²) in [5, 5.41) is 17.5. The van der Waals surface area contributed by atoms with Gasteiger partial charge in [-0.1, -0.05) is 49.0 Å². The highest BCUT2D eigenvalue weighted by atomic mass is 32.1. The van der Waals surface area contributed by atoms with Crippen LogP contribution in [0.15, 0.2) is 65.6 Å². The van der Waals surface area contributed by atoms with Crippen molar-refractivity contribution in [3.8, 4) is 11.1 Å². The predicted octanol–water partition coefficient (Wildman–Crippen LogP) is 4.91. The molecule has 184 valence electrons. The summed E-state index contributed by atoms with van der Waals surface area (Å²) < 4.78 is 5.39. The maximum absolute atomic E-state index is 13.7. The molecule has 1 aliphatic heterocycles. The molecule has 2 aromatic carbocycles. The molecule has 2 atom stereocenters. The van der Waals surface area contributed by atoms with Crippen LogP contribution < -0.4 is 5.32 Å². The predicted molar refractivity (Wildman–Crippen MR) is 142 cm³/mol. The molecular formula is C27H32N4O3S. The highest BCUT2D eigenvalue weighted by Crippen LogP contribution is 2.48. The molecule has 0 aliphatic carbocycles. The number of anilines is 1. The number of imidazole rings is 1. The van der Waals surface area contributed by atoms with Gasteiger partial charge in [-0.25, -0.2) is 4.98 Å². The van der Waals surface area contributed by atoms with Gasteiger partial charge in [-0.3, -0.25) is 4.79 Å². The van der Waals surface area contributed by atoms with Gasteiger partial charge >= 0.3 is 0 Å². The summed E-state index contributed by atoms with van der Waals surface area (Å²) >= 11 is 0. The highest BCUT2D eigenvalue weighted by molar-refractivity contribution is 7.59. The van der Waals surface area contributed by atoms with Crippen molar-refractivity contribution in [2.24, 2.45) is 5.92 Å². The van der Waals surface area contributed by atoms with E-state index in [-0.39, 0.29) is 39.4 Å². The molecule has 0 saturated heterocycles. The lowest BCUT2D eigenvalue weighted by atomic mass is 9.69. The van der Waals surface area contributed by atoms with Crippen LogP contribution in [0.2, 0.25) is 0 Å². The van der Waals surface area contributed by atoms with Crippen molar-refractivity contribution in [2.45, 2.75) is 39.5 Å². The summed E-state index contributed by atoms with van der Waals surface area (Å²) in [7, 11) is 0. The SMILES string of the molecule is C.Cc1noc(C)c1-c1ccc2c(c1)C(C[C@H](CO)Cc1cnc[nH]1)(c1ccccc1)C(=O)N2.S. The minimum atomic E-state index is -0.932. The molecule has 1 unspecified atom stereocenters. The van der Waals surface area contributed by atoms with Crippen LogP contribution in [-0.4, -0.2) is 32.7 Å².